The fraction of sp³-hybridized carbons (Fsp3) is 0.364. The Balaban J connectivity index is 2.50. The van der Waals surface area contributed by atoms with Crippen LogP contribution in [0.2, 0.25) is 5.02 Å². The standard InChI is InChI=1S/C11H10ClNO/c1-8-2-3-9(12)6-10(8)11(4-5-11)13-7-14/h2-3,6H,4-5H2,1H3. The molecule has 14 heavy (non-hydrogen) atoms. The molecule has 0 spiro atoms. The molecule has 1 aliphatic rings. The van der Waals surface area contributed by atoms with Gasteiger partial charge in [-0.05, 0) is 43.0 Å². The zero-order valence-electron chi connectivity index (χ0n) is 7.88. The highest BCUT2D eigenvalue weighted by molar-refractivity contribution is 6.30. The van der Waals surface area contributed by atoms with Crippen LogP contribution in [-0.2, 0) is 10.3 Å². The highest BCUT2D eigenvalue weighted by Crippen LogP contribution is 2.50. The predicted molar refractivity (Wildman–Crippen MR) is 55.2 cm³/mol. The first-order valence-corrected chi connectivity index (χ1v) is 4.91. The van der Waals surface area contributed by atoms with Gasteiger partial charge in [0.25, 0.3) is 0 Å². The van der Waals surface area contributed by atoms with Gasteiger partial charge in [0, 0.05) is 5.02 Å². The molecule has 0 heterocycles. The molecule has 2 nitrogen and oxygen atoms in total. The summed E-state index contributed by atoms with van der Waals surface area (Å²) in [5.41, 5.74) is 1.88. The van der Waals surface area contributed by atoms with Gasteiger partial charge in [0.15, 0.2) is 0 Å². The van der Waals surface area contributed by atoms with Crippen molar-refractivity contribution in [2.45, 2.75) is 25.3 Å². The smallest absolute Gasteiger partial charge is 0.211 e. The summed E-state index contributed by atoms with van der Waals surface area (Å²) in [6.07, 6.45) is 3.49. The van der Waals surface area contributed by atoms with Crippen molar-refractivity contribution < 1.29 is 4.79 Å². The Labute approximate surface area is 87.6 Å². The third-order valence-electron chi connectivity index (χ3n) is 2.68. The average molecular weight is 208 g/mol. The highest BCUT2D eigenvalue weighted by atomic mass is 35.5. The van der Waals surface area contributed by atoms with Crippen LogP contribution in [0, 0.1) is 6.92 Å². The summed E-state index contributed by atoms with van der Waals surface area (Å²) < 4.78 is 0. The minimum absolute atomic E-state index is 0.309. The second-order valence-electron chi connectivity index (χ2n) is 3.69. The highest BCUT2D eigenvalue weighted by Gasteiger charge is 2.45. The molecule has 0 aromatic heterocycles. The lowest BCUT2D eigenvalue weighted by molar-refractivity contribution is 0.556. The van der Waals surface area contributed by atoms with Gasteiger partial charge in [0.2, 0.25) is 6.08 Å². The molecule has 0 atom stereocenters. The van der Waals surface area contributed by atoms with Gasteiger partial charge in [0.05, 0.1) is 5.54 Å². The Hall–Kier alpha value is -1.11. The van der Waals surface area contributed by atoms with E-state index in [2.05, 4.69) is 4.99 Å². The van der Waals surface area contributed by atoms with Crippen molar-refractivity contribution in [1.82, 2.24) is 0 Å². The summed E-state index contributed by atoms with van der Waals surface area (Å²) in [5, 5.41) is 0.693. The number of hydrogen-bond donors (Lipinski definition) is 0. The molecule has 0 bridgehead atoms. The van der Waals surface area contributed by atoms with Crippen LogP contribution in [0.25, 0.3) is 0 Å². The van der Waals surface area contributed by atoms with Crippen LogP contribution in [0.15, 0.2) is 23.2 Å². The SMILES string of the molecule is Cc1ccc(Cl)cc1C1(N=C=O)CC1. The fourth-order valence-electron chi connectivity index (χ4n) is 1.74. The first kappa shape index (κ1) is 9.45. The quantitative estimate of drug-likeness (QED) is 0.542. The topological polar surface area (TPSA) is 29.4 Å². The number of hydrogen-bond acceptors (Lipinski definition) is 2. The molecule has 2 rings (SSSR count). The summed E-state index contributed by atoms with van der Waals surface area (Å²) in [5.74, 6) is 0. The average Bonchev–Trinajstić information content (AvgIpc) is 2.91. The number of benzene rings is 1. The maximum Gasteiger partial charge on any atom is 0.235 e. The summed E-state index contributed by atoms with van der Waals surface area (Å²) in [4.78, 5) is 14.2. The van der Waals surface area contributed by atoms with Crippen LogP contribution in [0.1, 0.15) is 24.0 Å². The van der Waals surface area contributed by atoms with Crippen LogP contribution in [-0.4, -0.2) is 6.08 Å². The van der Waals surface area contributed by atoms with Gasteiger partial charge in [-0.3, -0.25) is 0 Å². The number of isocyanates is 1. The molecular formula is C11H10ClNO. The van der Waals surface area contributed by atoms with Crippen LogP contribution >= 0.6 is 11.6 Å². The molecular weight excluding hydrogens is 198 g/mol. The van der Waals surface area contributed by atoms with E-state index in [1.165, 1.54) is 0 Å². The molecule has 0 amide bonds. The molecule has 3 heteroatoms. The van der Waals surface area contributed by atoms with E-state index in [1.807, 2.05) is 25.1 Å². The van der Waals surface area contributed by atoms with Crippen molar-refractivity contribution in [2.24, 2.45) is 4.99 Å². The number of aliphatic imine (C=N–C) groups is 1. The Morgan fingerprint density at radius 3 is 2.79 bits per heavy atom. The zero-order chi connectivity index (χ0) is 10.2. The normalized spacial score (nSPS) is 17.3. The van der Waals surface area contributed by atoms with E-state index in [1.54, 1.807) is 6.08 Å². The molecule has 1 aromatic rings. The van der Waals surface area contributed by atoms with Crippen molar-refractivity contribution in [1.29, 1.82) is 0 Å². The van der Waals surface area contributed by atoms with Gasteiger partial charge in [-0.2, -0.15) is 4.99 Å². The number of carbonyl (C=O) groups excluding carboxylic acids is 1. The first-order chi connectivity index (χ1) is 6.68. The fourth-order valence-corrected chi connectivity index (χ4v) is 1.91. The van der Waals surface area contributed by atoms with Crippen LogP contribution in [0.4, 0.5) is 0 Å². The van der Waals surface area contributed by atoms with E-state index in [0.717, 1.165) is 24.0 Å². The Morgan fingerprint density at radius 2 is 2.21 bits per heavy atom. The lowest BCUT2D eigenvalue weighted by Gasteiger charge is -2.11. The Morgan fingerprint density at radius 1 is 1.50 bits per heavy atom. The van der Waals surface area contributed by atoms with E-state index in [4.69, 9.17) is 11.6 Å². The molecule has 0 N–H and O–H groups in total. The molecule has 1 fully saturated rings. The summed E-state index contributed by atoms with van der Waals surface area (Å²) in [7, 11) is 0. The van der Waals surface area contributed by atoms with E-state index in [0.29, 0.717) is 5.02 Å². The van der Waals surface area contributed by atoms with Gasteiger partial charge in [-0.1, -0.05) is 17.7 Å². The maximum atomic E-state index is 10.3. The van der Waals surface area contributed by atoms with Crippen LogP contribution in [0.5, 0.6) is 0 Å². The van der Waals surface area contributed by atoms with Crippen LogP contribution in [0.3, 0.4) is 0 Å². The molecule has 0 radical (unpaired) electrons. The molecule has 1 saturated carbocycles. The molecule has 0 unspecified atom stereocenters. The van der Waals surface area contributed by atoms with Gasteiger partial charge in [-0.25, -0.2) is 4.79 Å². The maximum absolute atomic E-state index is 10.3. The van der Waals surface area contributed by atoms with Crippen molar-refractivity contribution >= 4 is 17.7 Å². The van der Waals surface area contributed by atoms with Gasteiger partial charge < -0.3 is 0 Å². The van der Waals surface area contributed by atoms with Crippen LogP contribution < -0.4 is 0 Å². The molecule has 0 aliphatic heterocycles. The summed E-state index contributed by atoms with van der Waals surface area (Å²) in [6, 6.07) is 5.70. The Kier molecular flexibility index (Phi) is 2.18. The predicted octanol–water partition coefficient (Wildman–Crippen LogP) is 2.97. The second-order valence-corrected chi connectivity index (χ2v) is 4.13. The van der Waals surface area contributed by atoms with E-state index in [-0.39, 0.29) is 5.54 Å². The molecule has 0 saturated heterocycles. The monoisotopic (exact) mass is 207 g/mol. The number of aryl methyl sites for hydroxylation is 1. The number of nitrogens with zero attached hydrogens (tertiary/aromatic N) is 1. The largest absolute Gasteiger partial charge is 0.235 e. The zero-order valence-corrected chi connectivity index (χ0v) is 8.64. The minimum Gasteiger partial charge on any atom is -0.211 e. The van der Waals surface area contributed by atoms with Crippen molar-refractivity contribution in [3.63, 3.8) is 0 Å². The summed E-state index contributed by atoms with van der Waals surface area (Å²) >= 11 is 5.91. The third kappa shape index (κ3) is 1.47. The minimum atomic E-state index is -0.309. The van der Waals surface area contributed by atoms with Gasteiger partial charge in [0.1, 0.15) is 0 Å². The van der Waals surface area contributed by atoms with Crippen molar-refractivity contribution in [3.8, 4) is 0 Å². The van der Waals surface area contributed by atoms with E-state index < -0.39 is 0 Å². The first-order valence-electron chi connectivity index (χ1n) is 4.54. The van der Waals surface area contributed by atoms with Crippen molar-refractivity contribution in [2.75, 3.05) is 0 Å². The van der Waals surface area contributed by atoms with E-state index >= 15 is 0 Å². The molecule has 1 aromatic carbocycles. The molecule has 72 valence electrons. The van der Waals surface area contributed by atoms with Gasteiger partial charge in [-0.15, -0.1) is 0 Å². The van der Waals surface area contributed by atoms with Gasteiger partial charge >= 0.3 is 0 Å². The summed E-state index contributed by atoms with van der Waals surface area (Å²) in [6.45, 7) is 2.01. The lowest BCUT2D eigenvalue weighted by Crippen LogP contribution is -2.04. The Bertz CT molecular complexity index is 417. The number of halogens is 1. The lowest BCUT2D eigenvalue weighted by atomic mass is 10.00. The molecule has 1 aliphatic carbocycles. The van der Waals surface area contributed by atoms with E-state index in [9.17, 15) is 4.79 Å². The second kappa shape index (κ2) is 3.23. The third-order valence-corrected chi connectivity index (χ3v) is 2.92. The van der Waals surface area contributed by atoms with Crippen molar-refractivity contribution in [3.05, 3.63) is 34.3 Å². The number of rotatable bonds is 2.